The van der Waals surface area contributed by atoms with Gasteiger partial charge in [-0.15, -0.1) is 0 Å². The van der Waals surface area contributed by atoms with Gasteiger partial charge in [0.1, 0.15) is 5.60 Å². The summed E-state index contributed by atoms with van der Waals surface area (Å²) in [4.78, 5) is 0.260. The Morgan fingerprint density at radius 2 is 1.73 bits per heavy atom. The Bertz CT molecular complexity index is 755. The first kappa shape index (κ1) is 16.8. The van der Waals surface area contributed by atoms with Crippen LogP contribution >= 0.6 is 11.6 Å². The summed E-state index contributed by atoms with van der Waals surface area (Å²) < 4.78 is 22.8. The molecule has 0 aromatic heterocycles. The molecule has 118 valence electrons. The lowest BCUT2D eigenvalue weighted by molar-refractivity contribution is 0.0716. The fourth-order valence-corrected chi connectivity index (χ4v) is 3.06. The zero-order valence-corrected chi connectivity index (χ0v) is 13.9. The molecule has 1 atom stereocenters. The van der Waals surface area contributed by atoms with E-state index >= 15 is 0 Å². The summed E-state index contributed by atoms with van der Waals surface area (Å²) in [6.07, 6.45) is 1.16. The average molecular weight is 340 g/mol. The Hall–Kier alpha value is -1.56. The average Bonchev–Trinajstić information content (AvgIpc) is 2.45. The van der Waals surface area contributed by atoms with E-state index in [0.717, 1.165) is 11.9 Å². The number of anilines is 1. The molecule has 0 radical (unpaired) electrons. The molecule has 0 aliphatic carbocycles. The van der Waals surface area contributed by atoms with E-state index in [-0.39, 0.29) is 11.4 Å². The number of sulfone groups is 1. The van der Waals surface area contributed by atoms with Crippen LogP contribution in [0.5, 0.6) is 0 Å². The molecular weight excluding hydrogens is 322 g/mol. The van der Waals surface area contributed by atoms with Gasteiger partial charge in [-0.25, -0.2) is 8.42 Å². The molecule has 0 amide bonds. The lowest BCUT2D eigenvalue weighted by Crippen LogP contribution is -2.31. The van der Waals surface area contributed by atoms with Crippen LogP contribution in [0.25, 0.3) is 0 Å². The van der Waals surface area contributed by atoms with Crippen LogP contribution in [-0.2, 0) is 15.4 Å². The van der Waals surface area contributed by atoms with Gasteiger partial charge in [0, 0.05) is 29.1 Å². The Balaban J connectivity index is 2.11. The molecule has 0 saturated heterocycles. The monoisotopic (exact) mass is 339 g/mol. The van der Waals surface area contributed by atoms with Crippen molar-refractivity contribution in [2.24, 2.45) is 0 Å². The number of nitrogens with one attached hydrogen (secondary N) is 1. The molecule has 1 unspecified atom stereocenters. The summed E-state index contributed by atoms with van der Waals surface area (Å²) in [5, 5.41) is 14.2. The molecule has 4 nitrogen and oxygen atoms in total. The van der Waals surface area contributed by atoms with Crippen molar-refractivity contribution in [2.45, 2.75) is 17.4 Å². The maximum Gasteiger partial charge on any atom is 0.175 e. The molecule has 2 aromatic carbocycles. The van der Waals surface area contributed by atoms with E-state index in [9.17, 15) is 13.5 Å². The molecule has 2 N–H and O–H groups in total. The first-order chi connectivity index (χ1) is 10.2. The van der Waals surface area contributed by atoms with Crippen LogP contribution in [0.2, 0.25) is 5.02 Å². The van der Waals surface area contributed by atoms with Crippen LogP contribution in [0.3, 0.4) is 0 Å². The van der Waals surface area contributed by atoms with Gasteiger partial charge in [0.05, 0.1) is 4.90 Å². The van der Waals surface area contributed by atoms with Crippen molar-refractivity contribution in [3.05, 3.63) is 59.1 Å². The number of hydrogen-bond acceptors (Lipinski definition) is 4. The lowest BCUT2D eigenvalue weighted by atomic mass is 9.96. The van der Waals surface area contributed by atoms with Crippen LogP contribution < -0.4 is 5.32 Å². The van der Waals surface area contributed by atoms with Crippen LogP contribution in [0.4, 0.5) is 5.69 Å². The number of halogens is 1. The van der Waals surface area contributed by atoms with Gasteiger partial charge >= 0.3 is 0 Å². The highest BCUT2D eigenvalue weighted by atomic mass is 35.5. The van der Waals surface area contributed by atoms with Crippen LogP contribution in [-0.4, -0.2) is 26.3 Å². The first-order valence-corrected chi connectivity index (χ1v) is 8.98. The second-order valence-electron chi connectivity index (χ2n) is 5.40. The molecule has 0 fully saturated rings. The zero-order valence-electron chi connectivity index (χ0n) is 12.4. The largest absolute Gasteiger partial charge is 0.384 e. The van der Waals surface area contributed by atoms with E-state index in [1.54, 1.807) is 37.3 Å². The van der Waals surface area contributed by atoms with Crippen LogP contribution in [0.1, 0.15) is 12.5 Å². The van der Waals surface area contributed by atoms with Gasteiger partial charge < -0.3 is 10.4 Å². The minimum Gasteiger partial charge on any atom is -0.384 e. The molecule has 0 aliphatic rings. The van der Waals surface area contributed by atoms with Gasteiger partial charge in [0.2, 0.25) is 0 Å². The van der Waals surface area contributed by atoms with E-state index in [0.29, 0.717) is 10.6 Å². The first-order valence-electron chi connectivity index (χ1n) is 6.71. The van der Waals surface area contributed by atoms with Crippen molar-refractivity contribution in [2.75, 3.05) is 18.1 Å². The van der Waals surface area contributed by atoms with Gasteiger partial charge in [-0.05, 0) is 37.3 Å². The second-order valence-corrected chi connectivity index (χ2v) is 7.83. The standard InChI is InChI=1S/C16H18ClNO3S/c1-16(19,14-5-3-4-6-15(14)17)11-18-12-7-9-13(10-8-12)22(2,20)21/h3-10,18-19H,11H2,1-2H3. The normalized spacial score (nSPS) is 14.4. The molecular formula is C16H18ClNO3S. The third-order valence-electron chi connectivity index (χ3n) is 3.37. The summed E-state index contributed by atoms with van der Waals surface area (Å²) in [6.45, 7) is 1.92. The molecule has 0 spiro atoms. The summed E-state index contributed by atoms with van der Waals surface area (Å²) in [5.74, 6) is 0. The Morgan fingerprint density at radius 1 is 1.14 bits per heavy atom. The number of hydrogen-bond donors (Lipinski definition) is 2. The quantitative estimate of drug-likeness (QED) is 0.878. The molecule has 0 saturated carbocycles. The van der Waals surface area contributed by atoms with E-state index in [1.807, 2.05) is 6.07 Å². The van der Waals surface area contributed by atoms with Gasteiger partial charge in [-0.1, -0.05) is 29.8 Å². The van der Waals surface area contributed by atoms with Crippen LogP contribution in [0, 0.1) is 0 Å². The van der Waals surface area contributed by atoms with Gasteiger partial charge in [0.25, 0.3) is 0 Å². The Morgan fingerprint density at radius 3 is 2.27 bits per heavy atom. The van der Waals surface area contributed by atoms with Crippen molar-refractivity contribution in [1.82, 2.24) is 0 Å². The van der Waals surface area contributed by atoms with Crippen molar-refractivity contribution in [3.63, 3.8) is 0 Å². The summed E-state index contributed by atoms with van der Waals surface area (Å²) in [5.41, 5.74) is 0.213. The number of aliphatic hydroxyl groups is 1. The van der Waals surface area contributed by atoms with Crippen molar-refractivity contribution < 1.29 is 13.5 Å². The predicted octanol–water partition coefficient (Wildman–Crippen LogP) is 3.06. The Kier molecular flexibility index (Phi) is 4.80. The minimum absolute atomic E-state index is 0.245. The van der Waals surface area contributed by atoms with E-state index in [2.05, 4.69) is 5.32 Å². The molecule has 0 heterocycles. The second kappa shape index (κ2) is 6.28. The van der Waals surface area contributed by atoms with E-state index < -0.39 is 15.4 Å². The maximum absolute atomic E-state index is 11.4. The fourth-order valence-electron chi connectivity index (χ4n) is 2.09. The van der Waals surface area contributed by atoms with E-state index in [1.165, 1.54) is 12.1 Å². The molecule has 2 aromatic rings. The zero-order chi connectivity index (χ0) is 16.4. The minimum atomic E-state index is -3.21. The SMILES string of the molecule is CC(O)(CNc1ccc(S(C)(=O)=O)cc1)c1ccccc1Cl. The molecule has 2 rings (SSSR count). The van der Waals surface area contributed by atoms with Gasteiger partial charge in [-0.2, -0.15) is 0 Å². The number of benzene rings is 2. The van der Waals surface area contributed by atoms with Gasteiger partial charge in [0.15, 0.2) is 9.84 Å². The smallest absolute Gasteiger partial charge is 0.175 e. The molecule has 0 bridgehead atoms. The topological polar surface area (TPSA) is 66.4 Å². The van der Waals surface area contributed by atoms with Crippen molar-refractivity contribution >= 4 is 27.1 Å². The highest BCUT2D eigenvalue weighted by Crippen LogP contribution is 2.28. The lowest BCUT2D eigenvalue weighted by Gasteiger charge is -2.25. The van der Waals surface area contributed by atoms with Crippen LogP contribution in [0.15, 0.2) is 53.4 Å². The Labute approximate surface area is 135 Å². The van der Waals surface area contributed by atoms with E-state index in [4.69, 9.17) is 11.6 Å². The highest BCUT2D eigenvalue weighted by Gasteiger charge is 2.25. The van der Waals surface area contributed by atoms with Crippen molar-refractivity contribution in [3.8, 4) is 0 Å². The maximum atomic E-state index is 11.4. The predicted molar refractivity (Wildman–Crippen MR) is 89.1 cm³/mol. The molecule has 0 aliphatic heterocycles. The highest BCUT2D eigenvalue weighted by molar-refractivity contribution is 7.90. The third kappa shape index (κ3) is 4.00. The number of rotatable bonds is 5. The fraction of sp³-hybridized carbons (Fsp3) is 0.250. The van der Waals surface area contributed by atoms with Gasteiger partial charge in [-0.3, -0.25) is 0 Å². The third-order valence-corrected chi connectivity index (χ3v) is 4.83. The van der Waals surface area contributed by atoms with Crippen molar-refractivity contribution in [1.29, 1.82) is 0 Å². The summed E-state index contributed by atoms with van der Waals surface area (Å²) >= 11 is 6.11. The molecule has 22 heavy (non-hydrogen) atoms. The molecule has 6 heteroatoms. The summed E-state index contributed by atoms with van der Waals surface area (Å²) in [6, 6.07) is 13.5. The summed E-state index contributed by atoms with van der Waals surface area (Å²) in [7, 11) is -3.21.